The molecule has 1 aliphatic rings. The number of hydrogen-bond donors (Lipinski definition) is 2. The van der Waals surface area contributed by atoms with Crippen LogP contribution in [0.25, 0.3) is 0 Å². The number of aryl methyl sites for hydroxylation is 1. The van der Waals surface area contributed by atoms with Crippen LogP contribution in [-0.2, 0) is 14.8 Å². The lowest BCUT2D eigenvalue weighted by Crippen LogP contribution is -2.45. The standard InChI is InChI=1S/C19H28N2O4S/c1-14-9-10-17(25-3)18(13-14)26(23,24)21-15(2)19(22)20-12-11-16-7-5-4-6-8-16/h7,9-10,13,15,21H,4-6,8,11-12H2,1-3H3,(H,20,22)/t15-/m0/s1. The molecule has 0 aliphatic heterocycles. The van der Waals surface area contributed by atoms with E-state index in [1.165, 1.54) is 38.5 Å². The van der Waals surface area contributed by atoms with E-state index in [2.05, 4.69) is 16.1 Å². The molecule has 1 aromatic carbocycles. The van der Waals surface area contributed by atoms with Crippen LogP contribution in [-0.4, -0.2) is 34.0 Å². The highest BCUT2D eigenvalue weighted by atomic mass is 32.2. The van der Waals surface area contributed by atoms with Crippen LogP contribution in [0.5, 0.6) is 5.75 Å². The average molecular weight is 381 g/mol. The highest BCUT2D eigenvalue weighted by Crippen LogP contribution is 2.24. The van der Waals surface area contributed by atoms with Gasteiger partial charge in [0.15, 0.2) is 0 Å². The van der Waals surface area contributed by atoms with Crippen molar-refractivity contribution in [3.8, 4) is 5.75 Å². The summed E-state index contributed by atoms with van der Waals surface area (Å²) in [7, 11) is -2.45. The zero-order valence-electron chi connectivity index (χ0n) is 15.7. The van der Waals surface area contributed by atoms with Gasteiger partial charge in [-0.2, -0.15) is 4.72 Å². The fourth-order valence-corrected chi connectivity index (χ4v) is 4.43. The van der Waals surface area contributed by atoms with Gasteiger partial charge in [0, 0.05) is 6.54 Å². The first kappa shape index (κ1) is 20.5. The predicted molar refractivity (Wildman–Crippen MR) is 102 cm³/mol. The lowest BCUT2D eigenvalue weighted by atomic mass is 9.97. The van der Waals surface area contributed by atoms with Crippen LogP contribution in [0.3, 0.4) is 0 Å². The predicted octanol–water partition coefficient (Wildman–Crippen LogP) is 2.68. The Morgan fingerprint density at radius 2 is 2.08 bits per heavy atom. The van der Waals surface area contributed by atoms with Crippen LogP contribution in [0.4, 0.5) is 0 Å². The Morgan fingerprint density at radius 1 is 1.31 bits per heavy atom. The van der Waals surface area contributed by atoms with Crippen LogP contribution in [0.1, 0.15) is 44.6 Å². The number of sulfonamides is 1. The molecule has 2 N–H and O–H groups in total. The molecule has 0 radical (unpaired) electrons. The summed E-state index contributed by atoms with van der Waals surface area (Å²) in [6.45, 7) is 3.86. The third-order valence-electron chi connectivity index (χ3n) is 4.46. The molecule has 0 bridgehead atoms. The van der Waals surface area contributed by atoms with Crippen molar-refractivity contribution in [2.75, 3.05) is 13.7 Å². The lowest BCUT2D eigenvalue weighted by Gasteiger charge is -2.17. The number of carbonyl (C=O) groups is 1. The maximum atomic E-state index is 12.6. The van der Waals surface area contributed by atoms with Gasteiger partial charge in [0.2, 0.25) is 15.9 Å². The van der Waals surface area contributed by atoms with Crippen LogP contribution in [0, 0.1) is 6.92 Å². The lowest BCUT2D eigenvalue weighted by molar-refractivity contribution is -0.122. The van der Waals surface area contributed by atoms with E-state index in [1.54, 1.807) is 19.1 Å². The number of rotatable bonds is 8. The van der Waals surface area contributed by atoms with E-state index in [9.17, 15) is 13.2 Å². The summed E-state index contributed by atoms with van der Waals surface area (Å²) in [4.78, 5) is 12.3. The van der Waals surface area contributed by atoms with Crippen LogP contribution >= 0.6 is 0 Å². The van der Waals surface area contributed by atoms with Gasteiger partial charge in [0.25, 0.3) is 0 Å². The Labute approximate surface area is 156 Å². The van der Waals surface area contributed by atoms with Crippen LogP contribution in [0.15, 0.2) is 34.7 Å². The molecule has 2 rings (SSSR count). The number of carbonyl (C=O) groups excluding carboxylic acids is 1. The normalized spacial score (nSPS) is 15.9. The van der Waals surface area contributed by atoms with Crippen molar-refractivity contribution in [2.24, 2.45) is 0 Å². The van der Waals surface area contributed by atoms with Gasteiger partial charge in [0.05, 0.1) is 13.2 Å². The minimum absolute atomic E-state index is 0.0343. The highest BCUT2D eigenvalue weighted by molar-refractivity contribution is 7.89. The molecular formula is C19H28N2O4S. The topological polar surface area (TPSA) is 84.5 Å². The van der Waals surface area contributed by atoms with E-state index in [0.717, 1.165) is 24.8 Å². The molecule has 1 aromatic rings. The van der Waals surface area contributed by atoms with Crippen molar-refractivity contribution in [3.63, 3.8) is 0 Å². The molecule has 0 aromatic heterocycles. The summed E-state index contributed by atoms with van der Waals surface area (Å²) in [5.41, 5.74) is 2.17. The number of hydrogen-bond acceptors (Lipinski definition) is 4. The van der Waals surface area contributed by atoms with Gasteiger partial charge in [-0.05, 0) is 63.6 Å². The van der Waals surface area contributed by atoms with Crippen molar-refractivity contribution in [3.05, 3.63) is 35.4 Å². The molecule has 0 fully saturated rings. The van der Waals surface area contributed by atoms with Gasteiger partial charge >= 0.3 is 0 Å². The number of ether oxygens (including phenoxy) is 1. The van der Waals surface area contributed by atoms with E-state index >= 15 is 0 Å². The summed E-state index contributed by atoms with van der Waals surface area (Å²) < 4.78 is 32.8. The SMILES string of the molecule is COc1ccc(C)cc1S(=O)(=O)N[C@@H](C)C(=O)NCCC1=CCCCC1. The average Bonchev–Trinajstić information content (AvgIpc) is 2.62. The molecule has 0 unspecified atom stereocenters. The van der Waals surface area contributed by atoms with E-state index in [1.807, 2.05) is 0 Å². The molecule has 0 saturated heterocycles. The minimum Gasteiger partial charge on any atom is -0.495 e. The molecule has 0 spiro atoms. The molecular weight excluding hydrogens is 352 g/mol. The van der Waals surface area contributed by atoms with Crippen LogP contribution in [0.2, 0.25) is 0 Å². The third-order valence-corrected chi connectivity index (χ3v) is 6.03. The fourth-order valence-electron chi connectivity index (χ4n) is 2.97. The number of methoxy groups -OCH3 is 1. The molecule has 0 saturated carbocycles. The number of benzene rings is 1. The largest absolute Gasteiger partial charge is 0.495 e. The first-order valence-electron chi connectivity index (χ1n) is 8.96. The molecule has 7 heteroatoms. The Morgan fingerprint density at radius 3 is 2.73 bits per heavy atom. The van der Waals surface area contributed by atoms with Gasteiger partial charge in [-0.1, -0.05) is 17.7 Å². The number of allylic oxidation sites excluding steroid dienone is 1. The van der Waals surface area contributed by atoms with Crippen molar-refractivity contribution >= 4 is 15.9 Å². The van der Waals surface area contributed by atoms with Crippen molar-refractivity contribution in [2.45, 2.75) is 56.9 Å². The Bertz CT molecular complexity index is 772. The molecule has 6 nitrogen and oxygen atoms in total. The van der Waals surface area contributed by atoms with E-state index in [4.69, 9.17) is 4.74 Å². The monoisotopic (exact) mass is 380 g/mol. The second kappa shape index (κ2) is 9.19. The van der Waals surface area contributed by atoms with E-state index in [0.29, 0.717) is 6.54 Å². The smallest absolute Gasteiger partial charge is 0.244 e. The zero-order chi connectivity index (χ0) is 19.2. The van der Waals surface area contributed by atoms with Crippen molar-refractivity contribution in [1.29, 1.82) is 0 Å². The third kappa shape index (κ3) is 5.57. The number of nitrogens with one attached hydrogen (secondary N) is 2. The maximum absolute atomic E-state index is 12.6. The van der Waals surface area contributed by atoms with Gasteiger partial charge in [-0.15, -0.1) is 0 Å². The molecule has 0 heterocycles. The second-order valence-electron chi connectivity index (χ2n) is 6.65. The van der Waals surface area contributed by atoms with Crippen molar-refractivity contribution in [1.82, 2.24) is 10.0 Å². The summed E-state index contributed by atoms with van der Waals surface area (Å²) in [6.07, 6.45) is 7.69. The summed E-state index contributed by atoms with van der Waals surface area (Å²) >= 11 is 0. The van der Waals surface area contributed by atoms with Crippen LogP contribution < -0.4 is 14.8 Å². The van der Waals surface area contributed by atoms with Gasteiger partial charge in [-0.25, -0.2) is 8.42 Å². The van der Waals surface area contributed by atoms with Gasteiger partial charge in [-0.3, -0.25) is 4.79 Å². The quantitative estimate of drug-likeness (QED) is 0.679. The Balaban J connectivity index is 1.94. The highest BCUT2D eigenvalue weighted by Gasteiger charge is 2.25. The van der Waals surface area contributed by atoms with Gasteiger partial charge in [0.1, 0.15) is 10.6 Å². The Kier molecular flexibility index (Phi) is 7.23. The zero-order valence-corrected chi connectivity index (χ0v) is 16.5. The fraction of sp³-hybridized carbons (Fsp3) is 0.526. The Hall–Kier alpha value is -1.86. The molecule has 1 amide bonds. The maximum Gasteiger partial charge on any atom is 0.244 e. The summed E-state index contributed by atoms with van der Waals surface area (Å²) in [5.74, 6) is -0.0865. The molecule has 144 valence electrons. The van der Waals surface area contributed by atoms with E-state index < -0.39 is 16.1 Å². The summed E-state index contributed by atoms with van der Waals surface area (Å²) in [6, 6.07) is 4.03. The summed E-state index contributed by atoms with van der Waals surface area (Å²) in [5, 5.41) is 2.81. The number of amides is 1. The first-order chi connectivity index (χ1) is 12.3. The molecule has 1 aliphatic carbocycles. The molecule has 26 heavy (non-hydrogen) atoms. The van der Waals surface area contributed by atoms with Crippen molar-refractivity contribution < 1.29 is 17.9 Å². The van der Waals surface area contributed by atoms with E-state index in [-0.39, 0.29) is 16.6 Å². The van der Waals surface area contributed by atoms with Gasteiger partial charge < -0.3 is 10.1 Å². The molecule has 1 atom stereocenters. The minimum atomic E-state index is -3.86. The second-order valence-corrected chi connectivity index (χ2v) is 8.33. The first-order valence-corrected chi connectivity index (χ1v) is 10.4.